The van der Waals surface area contributed by atoms with Crippen LogP contribution >= 0.6 is 11.3 Å². The molecule has 2 aromatic rings. The van der Waals surface area contributed by atoms with Crippen LogP contribution in [0.3, 0.4) is 0 Å². The summed E-state index contributed by atoms with van der Waals surface area (Å²) in [5, 5.41) is 12.2. The molecule has 0 amide bonds. The summed E-state index contributed by atoms with van der Waals surface area (Å²) in [6.45, 7) is 4.47. The van der Waals surface area contributed by atoms with E-state index in [0.29, 0.717) is 12.0 Å². The molecular weight excluding hydrogens is 230 g/mol. The standard InChI is InChI=1S/C13H17N3S/c1-10(2)8-12(11-6-4-3-5-7-11)15-13-16-14-9-17-13/h3-7,9-10,12H,8H2,1-2H3,(H,15,16). The van der Waals surface area contributed by atoms with Crippen LogP contribution in [0.5, 0.6) is 0 Å². The van der Waals surface area contributed by atoms with Crippen molar-refractivity contribution in [1.29, 1.82) is 0 Å². The van der Waals surface area contributed by atoms with Crippen molar-refractivity contribution in [3.8, 4) is 0 Å². The predicted molar refractivity (Wildman–Crippen MR) is 72.2 cm³/mol. The minimum absolute atomic E-state index is 0.309. The zero-order chi connectivity index (χ0) is 12.1. The van der Waals surface area contributed by atoms with Gasteiger partial charge in [0.2, 0.25) is 5.13 Å². The predicted octanol–water partition coefficient (Wildman–Crippen LogP) is 3.74. The Bertz CT molecular complexity index is 425. The highest BCUT2D eigenvalue weighted by Crippen LogP contribution is 2.26. The summed E-state index contributed by atoms with van der Waals surface area (Å²) in [6, 6.07) is 10.8. The summed E-state index contributed by atoms with van der Waals surface area (Å²) in [5.41, 5.74) is 3.05. The fourth-order valence-electron chi connectivity index (χ4n) is 1.82. The van der Waals surface area contributed by atoms with E-state index in [4.69, 9.17) is 0 Å². The van der Waals surface area contributed by atoms with Crippen molar-refractivity contribution in [2.24, 2.45) is 5.92 Å². The molecule has 2 rings (SSSR count). The topological polar surface area (TPSA) is 37.8 Å². The Morgan fingerprint density at radius 2 is 2.00 bits per heavy atom. The number of hydrogen-bond donors (Lipinski definition) is 1. The number of aromatic nitrogens is 2. The summed E-state index contributed by atoms with van der Waals surface area (Å²) in [4.78, 5) is 0. The van der Waals surface area contributed by atoms with Gasteiger partial charge in [-0.25, -0.2) is 0 Å². The summed E-state index contributed by atoms with van der Waals surface area (Å²) in [6.07, 6.45) is 1.09. The molecule has 1 N–H and O–H groups in total. The third-order valence-corrected chi connectivity index (χ3v) is 3.19. The van der Waals surface area contributed by atoms with Crippen molar-refractivity contribution in [2.75, 3.05) is 5.32 Å². The van der Waals surface area contributed by atoms with E-state index in [1.165, 1.54) is 16.9 Å². The van der Waals surface area contributed by atoms with E-state index in [0.717, 1.165) is 11.6 Å². The lowest BCUT2D eigenvalue weighted by atomic mass is 9.97. The van der Waals surface area contributed by atoms with Gasteiger partial charge < -0.3 is 5.32 Å². The summed E-state index contributed by atoms with van der Waals surface area (Å²) in [7, 11) is 0. The normalized spacial score (nSPS) is 12.6. The van der Waals surface area contributed by atoms with E-state index < -0.39 is 0 Å². The van der Waals surface area contributed by atoms with Crippen LogP contribution < -0.4 is 5.32 Å². The van der Waals surface area contributed by atoms with Crippen LogP contribution in [0.4, 0.5) is 5.13 Å². The molecule has 1 atom stereocenters. The maximum atomic E-state index is 4.05. The van der Waals surface area contributed by atoms with Crippen LogP contribution in [-0.2, 0) is 0 Å². The minimum atomic E-state index is 0.309. The first-order valence-electron chi connectivity index (χ1n) is 5.83. The molecule has 0 aliphatic heterocycles. The average molecular weight is 247 g/mol. The number of nitrogens with one attached hydrogen (secondary N) is 1. The van der Waals surface area contributed by atoms with Crippen LogP contribution in [0.25, 0.3) is 0 Å². The van der Waals surface area contributed by atoms with Crippen molar-refractivity contribution < 1.29 is 0 Å². The Morgan fingerprint density at radius 1 is 1.24 bits per heavy atom. The zero-order valence-electron chi connectivity index (χ0n) is 10.1. The number of rotatable bonds is 5. The quantitative estimate of drug-likeness (QED) is 0.874. The molecule has 17 heavy (non-hydrogen) atoms. The van der Waals surface area contributed by atoms with Gasteiger partial charge in [0.25, 0.3) is 0 Å². The van der Waals surface area contributed by atoms with Gasteiger partial charge in [0.15, 0.2) is 0 Å². The molecule has 0 fully saturated rings. The maximum absolute atomic E-state index is 4.05. The molecule has 1 aromatic heterocycles. The first-order chi connectivity index (χ1) is 8.25. The monoisotopic (exact) mass is 247 g/mol. The molecule has 0 aliphatic rings. The summed E-state index contributed by atoms with van der Waals surface area (Å²) in [5.74, 6) is 0.639. The third-order valence-electron chi connectivity index (χ3n) is 2.57. The fourth-order valence-corrected chi connectivity index (χ4v) is 2.32. The second-order valence-electron chi connectivity index (χ2n) is 4.48. The van der Waals surface area contributed by atoms with Gasteiger partial charge in [-0.1, -0.05) is 55.5 Å². The van der Waals surface area contributed by atoms with E-state index in [9.17, 15) is 0 Å². The van der Waals surface area contributed by atoms with Gasteiger partial charge in [0, 0.05) is 0 Å². The summed E-state index contributed by atoms with van der Waals surface area (Å²) < 4.78 is 0. The largest absolute Gasteiger partial charge is 0.353 e. The molecule has 4 heteroatoms. The van der Waals surface area contributed by atoms with Gasteiger partial charge in [0.05, 0.1) is 6.04 Å². The fraction of sp³-hybridized carbons (Fsp3) is 0.385. The molecule has 90 valence electrons. The van der Waals surface area contributed by atoms with E-state index >= 15 is 0 Å². The van der Waals surface area contributed by atoms with E-state index in [1.807, 2.05) is 6.07 Å². The van der Waals surface area contributed by atoms with Crippen LogP contribution in [0.2, 0.25) is 0 Å². The molecule has 1 unspecified atom stereocenters. The number of hydrogen-bond acceptors (Lipinski definition) is 4. The van der Waals surface area contributed by atoms with Crippen LogP contribution in [0.1, 0.15) is 31.9 Å². The van der Waals surface area contributed by atoms with E-state index in [2.05, 4.69) is 53.6 Å². The van der Waals surface area contributed by atoms with Crippen molar-refractivity contribution in [3.05, 3.63) is 41.4 Å². The smallest absolute Gasteiger partial charge is 0.205 e. The lowest BCUT2D eigenvalue weighted by Crippen LogP contribution is -2.13. The molecule has 0 saturated carbocycles. The number of benzene rings is 1. The van der Waals surface area contributed by atoms with Gasteiger partial charge in [-0.3, -0.25) is 0 Å². The highest BCUT2D eigenvalue weighted by atomic mass is 32.1. The van der Waals surface area contributed by atoms with Crippen LogP contribution in [-0.4, -0.2) is 10.2 Å². The average Bonchev–Trinajstić information content (AvgIpc) is 2.82. The Balaban J connectivity index is 2.14. The van der Waals surface area contributed by atoms with Crippen molar-refractivity contribution in [2.45, 2.75) is 26.3 Å². The molecule has 0 radical (unpaired) electrons. The Labute approximate surface area is 106 Å². The van der Waals surface area contributed by atoms with Crippen molar-refractivity contribution in [3.63, 3.8) is 0 Å². The van der Waals surface area contributed by atoms with Crippen molar-refractivity contribution >= 4 is 16.5 Å². The zero-order valence-corrected chi connectivity index (χ0v) is 10.9. The molecule has 0 bridgehead atoms. The second kappa shape index (κ2) is 5.77. The lowest BCUT2D eigenvalue weighted by molar-refractivity contribution is 0.530. The van der Waals surface area contributed by atoms with Gasteiger partial charge in [-0.2, -0.15) is 0 Å². The molecule has 1 aromatic carbocycles. The molecule has 0 aliphatic carbocycles. The molecule has 0 saturated heterocycles. The van der Waals surface area contributed by atoms with Gasteiger partial charge in [-0.05, 0) is 17.9 Å². The molecular formula is C13H17N3S. The third kappa shape index (κ3) is 3.53. The molecule has 3 nitrogen and oxygen atoms in total. The first kappa shape index (κ1) is 12.0. The van der Waals surface area contributed by atoms with Crippen molar-refractivity contribution in [1.82, 2.24) is 10.2 Å². The van der Waals surface area contributed by atoms with Gasteiger partial charge in [0.1, 0.15) is 5.51 Å². The lowest BCUT2D eigenvalue weighted by Gasteiger charge is -2.20. The van der Waals surface area contributed by atoms with E-state index in [-0.39, 0.29) is 0 Å². The maximum Gasteiger partial charge on any atom is 0.205 e. The first-order valence-corrected chi connectivity index (χ1v) is 6.71. The Kier molecular flexibility index (Phi) is 4.09. The Morgan fingerprint density at radius 3 is 2.59 bits per heavy atom. The SMILES string of the molecule is CC(C)CC(Nc1nncs1)c1ccccc1. The van der Waals surface area contributed by atoms with E-state index in [1.54, 1.807) is 5.51 Å². The van der Waals surface area contributed by atoms with Crippen LogP contribution in [0, 0.1) is 5.92 Å². The number of anilines is 1. The second-order valence-corrected chi connectivity index (χ2v) is 5.31. The Hall–Kier alpha value is -1.42. The van der Waals surface area contributed by atoms with Gasteiger partial charge >= 0.3 is 0 Å². The van der Waals surface area contributed by atoms with Gasteiger partial charge in [-0.15, -0.1) is 10.2 Å². The molecule has 1 heterocycles. The summed E-state index contributed by atoms with van der Waals surface area (Å²) >= 11 is 1.54. The van der Waals surface area contributed by atoms with Crippen LogP contribution in [0.15, 0.2) is 35.8 Å². The number of nitrogens with zero attached hydrogens (tertiary/aromatic N) is 2. The minimum Gasteiger partial charge on any atom is -0.353 e. The highest BCUT2D eigenvalue weighted by molar-refractivity contribution is 7.13. The molecule has 0 spiro atoms. The highest BCUT2D eigenvalue weighted by Gasteiger charge is 2.14.